The van der Waals surface area contributed by atoms with Gasteiger partial charge in [0.1, 0.15) is 5.60 Å². The van der Waals surface area contributed by atoms with E-state index in [0.29, 0.717) is 19.0 Å². The summed E-state index contributed by atoms with van der Waals surface area (Å²) in [4.78, 5) is 13.8. The molecule has 1 amide bonds. The lowest BCUT2D eigenvalue weighted by Crippen LogP contribution is -2.40. The predicted molar refractivity (Wildman–Crippen MR) is 81.4 cm³/mol. The second kappa shape index (κ2) is 5.82. The van der Waals surface area contributed by atoms with Crippen LogP contribution in [0.5, 0.6) is 0 Å². The van der Waals surface area contributed by atoms with E-state index in [1.165, 1.54) is 0 Å². The molecule has 5 heteroatoms. The van der Waals surface area contributed by atoms with E-state index in [4.69, 9.17) is 27.9 Å². The number of rotatable bonds is 1. The summed E-state index contributed by atoms with van der Waals surface area (Å²) >= 11 is 12.2. The van der Waals surface area contributed by atoms with E-state index in [1.807, 2.05) is 32.9 Å². The molecule has 0 bridgehead atoms. The topological polar surface area (TPSA) is 29.5 Å². The highest BCUT2D eigenvalue weighted by atomic mass is 35.5. The Labute approximate surface area is 129 Å². The fourth-order valence-electron chi connectivity index (χ4n) is 2.25. The van der Waals surface area contributed by atoms with Crippen LogP contribution in [0, 0.1) is 0 Å². The largest absolute Gasteiger partial charge is 0.444 e. The van der Waals surface area contributed by atoms with Crippen molar-refractivity contribution in [3.63, 3.8) is 0 Å². The van der Waals surface area contributed by atoms with E-state index in [1.54, 1.807) is 4.90 Å². The fraction of sp³-hybridized carbons (Fsp3) is 0.533. The maximum absolute atomic E-state index is 12.1. The summed E-state index contributed by atoms with van der Waals surface area (Å²) in [6, 6.07) is 3.92. The molecule has 0 saturated carbocycles. The van der Waals surface area contributed by atoms with Crippen LogP contribution < -0.4 is 0 Å². The van der Waals surface area contributed by atoms with Gasteiger partial charge >= 0.3 is 6.09 Å². The average Bonchev–Trinajstić information content (AvgIpc) is 2.37. The van der Waals surface area contributed by atoms with Crippen LogP contribution in [-0.4, -0.2) is 23.1 Å². The van der Waals surface area contributed by atoms with Crippen molar-refractivity contribution in [3.05, 3.63) is 33.8 Å². The third-order valence-corrected chi connectivity index (χ3v) is 3.97. The molecule has 0 fully saturated rings. The summed E-state index contributed by atoms with van der Waals surface area (Å²) in [6.07, 6.45) is 0.457. The van der Waals surface area contributed by atoms with Crippen molar-refractivity contribution in [2.24, 2.45) is 0 Å². The van der Waals surface area contributed by atoms with Crippen molar-refractivity contribution in [3.8, 4) is 0 Å². The fourth-order valence-corrected chi connectivity index (χ4v) is 2.88. The quantitative estimate of drug-likeness (QED) is 0.720. The standard InChI is InChI=1S/C15H19Cl2NO2/c1-15(2,3)20-14(19)18-7-6-12-11(9-18)5-4-10(8-16)13(12)17/h4-5H,6-9H2,1-3H3. The van der Waals surface area contributed by atoms with Crippen LogP contribution in [0.25, 0.3) is 0 Å². The number of carbonyl (C=O) groups excluding carboxylic acids is 1. The first kappa shape index (κ1) is 15.5. The normalized spacial score (nSPS) is 14.9. The molecule has 0 unspecified atom stereocenters. The molecule has 0 atom stereocenters. The number of fused-ring (bicyclic) bond motifs is 1. The highest BCUT2D eigenvalue weighted by Gasteiger charge is 2.27. The van der Waals surface area contributed by atoms with Crippen molar-refractivity contribution >= 4 is 29.3 Å². The maximum Gasteiger partial charge on any atom is 0.410 e. The van der Waals surface area contributed by atoms with Gasteiger partial charge in [-0.05, 0) is 43.9 Å². The van der Waals surface area contributed by atoms with E-state index >= 15 is 0 Å². The number of halogens is 2. The summed E-state index contributed by atoms with van der Waals surface area (Å²) in [6.45, 7) is 6.76. The third kappa shape index (κ3) is 3.39. The monoisotopic (exact) mass is 315 g/mol. The number of hydrogen-bond acceptors (Lipinski definition) is 2. The third-order valence-electron chi connectivity index (χ3n) is 3.21. The molecule has 1 aliphatic heterocycles. The van der Waals surface area contributed by atoms with Crippen LogP contribution in [-0.2, 0) is 23.6 Å². The van der Waals surface area contributed by atoms with E-state index in [-0.39, 0.29) is 6.09 Å². The summed E-state index contributed by atoms with van der Waals surface area (Å²) in [5, 5.41) is 0.737. The van der Waals surface area contributed by atoms with Crippen molar-refractivity contribution < 1.29 is 9.53 Å². The van der Waals surface area contributed by atoms with Crippen molar-refractivity contribution in [1.82, 2.24) is 4.90 Å². The number of amides is 1. The SMILES string of the molecule is CC(C)(C)OC(=O)N1CCc2c(ccc(CCl)c2Cl)C1. The molecule has 0 aliphatic carbocycles. The van der Waals surface area contributed by atoms with Crippen LogP contribution in [0.1, 0.15) is 37.5 Å². The number of benzene rings is 1. The Morgan fingerprint density at radius 2 is 2.10 bits per heavy atom. The number of nitrogens with zero attached hydrogens (tertiary/aromatic N) is 1. The minimum Gasteiger partial charge on any atom is -0.444 e. The molecule has 0 radical (unpaired) electrons. The first-order valence-electron chi connectivity index (χ1n) is 6.65. The Bertz CT molecular complexity index is 523. The summed E-state index contributed by atoms with van der Waals surface area (Å²) in [5.74, 6) is 0.405. The van der Waals surface area contributed by atoms with Gasteiger partial charge in [-0.2, -0.15) is 0 Å². The zero-order chi connectivity index (χ0) is 14.9. The molecule has 0 N–H and O–H groups in total. The zero-order valence-corrected chi connectivity index (χ0v) is 13.5. The van der Waals surface area contributed by atoms with Crippen molar-refractivity contribution in [2.75, 3.05) is 6.54 Å². The van der Waals surface area contributed by atoms with E-state index in [9.17, 15) is 4.79 Å². The Morgan fingerprint density at radius 1 is 1.40 bits per heavy atom. The number of carbonyl (C=O) groups is 1. The predicted octanol–water partition coefficient (Wildman–Crippen LogP) is 4.37. The second-order valence-corrected chi connectivity index (χ2v) is 6.61. The molecule has 1 aromatic rings. The highest BCUT2D eigenvalue weighted by Crippen LogP contribution is 2.30. The molecule has 0 saturated heterocycles. The lowest BCUT2D eigenvalue weighted by atomic mass is 9.97. The van der Waals surface area contributed by atoms with Crippen molar-refractivity contribution in [1.29, 1.82) is 0 Å². The summed E-state index contributed by atoms with van der Waals surface area (Å²) < 4.78 is 5.40. The smallest absolute Gasteiger partial charge is 0.410 e. The zero-order valence-electron chi connectivity index (χ0n) is 12.0. The van der Waals surface area contributed by atoms with Crippen LogP contribution in [0.3, 0.4) is 0 Å². The molecule has 1 heterocycles. The van der Waals surface area contributed by atoms with Gasteiger partial charge in [-0.25, -0.2) is 4.79 Å². The Morgan fingerprint density at radius 3 is 2.70 bits per heavy atom. The molecule has 0 aromatic heterocycles. The molecule has 3 nitrogen and oxygen atoms in total. The molecule has 2 rings (SSSR count). The van der Waals surface area contributed by atoms with Gasteiger partial charge in [-0.1, -0.05) is 23.7 Å². The number of hydrogen-bond donors (Lipinski definition) is 0. The van der Waals surface area contributed by atoms with E-state index < -0.39 is 5.60 Å². The highest BCUT2D eigenvalue weighted by molar-refractivity contribution is 6.33. The van der Waals surface area contributed by atoms with Gasteiger partial charge in [0.25, 0.3) is 0 Å². The lowest BCUT2D eigenvalue weighted by molar-refractivity contribution is 0.0224. The molecule has 20 heavy (non-hydrogen) atoms. The van der Waals surface area contributed by atoms with Gasteiger partial charge in [0, 0.05) is 24.0 Å². The van der Waals surface area contributed by atoms with Crippen LogP contribution >= 0.6 is 23.2 Å². The van der Waals surface area contributed by atoms with Crippen LogP contribution in [0.2, 0.25) is 5.02 Å². The Hall–Kier alpha value is -0.930. The van der Waals surface area contributed by atoms with Gasteiger partial charge in [-0.15, -0.1) is 11.6 Å². The maximum atomic E-state index is 12.1. The van der Waals surface area contributed by atoms with Gasteiger partial charge in [0.15, 0.2) is 0 Å². The average molecular weight is 316 g/mol. The van der Waals surface area contributed by atoms with Gasteiger partial charge in [0.05, 0.1) is 0 Å². The van der Waals surface area contributed by atoms with Gasteiger partial charge in [0.2, 0.25) is 0 Å². The molecule has 110 valence electrons. The number of alkyl halides is 1. The Kier molecular flexibility index (Phi) is 4.50. The van der Waals surface area contributed by atoms with E-state index in [2.05, 4.69) is 0 Å². The van der Waals surface area contributed by atoms with Gasteiger partial charge in [-0.3, -0.25) is 0 Å². The minimum atomic E-state index is -0.475. The van der Waals surface area contributed by atoms with E-state index in [0.717, 1.165) is 28.1 Å². The lowest BCUT2D eigenvalue weighted by Gasteiger charge is -2.31. The minimum absolute atomic E-state index is 0.277. The Balaban J connectivity index is 2.16. The molecular formula is C15H19Cl2NO2. The number of ether oxygens (including phenoxy) is 1. The first-order valence-corrected chi connectivity index (χ1v) is 7.56. The van der Waals surface area contributed by atoms with Gasteiger partial charge < -0.3 is 9.64 Å². The summed E-state index contributed by atoms with van der Waals surface area (Å²) in [7, 11) is 0. The summed E-state index contributed by atoms with van der Waals surface area (Å²) in [5.41, 5.74) is 2.64. The molecular weight excluding hydrogens is 297 g/mol. The second-order valence-electron chi connectivity index (χ2n) is 5.96. The van der Waals surface area contributed by atoms with Crippen LogP contribution in [0.4, 0.5) is 4.79 Å². The van der Waals surface area contributed by atoms with Crippen LogP contribution in [0.15, 0.2) is 12.1 Å². The van der Waals surface area contributed by atoms with Crippen molar-refractivity contribution in [2.45, 2.75) is 45.2 Å². The molecule has 1 aromatic carbocycles. The molecule has 1 aliphatic rings. The molecule has 0 spiro atoms. The first-order chi connectivity index (χ1) is 9.31.